The van der Waals surface area contributed by atoms with E-state index in [9.17, 15) is 9.59 Å². The van der Waals surface area contributed by atoms with Crippen molar-refractivity contribution < 1.29 is 14.3 Å². The fourth-order valence-electron chi connectivity index (χ4n) is 2.70. The number of nitrogens with zero attached hydrogens (tertiary/aromatic N) is 2. The molecule has 144 valence electrons. The normalized spacial score (nSPS) is 16.0. The lowest BCUT2D eigenvalue weighted by atomic mass is 10.1. The second kappa shape index (κ2) is 9.99. The first-order chi connectivity index (χ1) is 13.0. The highest BCUT2D eigenvalue weighted by Crippen LogP contribution is 2.23. The highest BCUT2D eigenvalue weighted by molar-refractivity contribution is 7.80. The van der Waals surface area contributed by atoms with Crippen molar-refractivity contribution in [3.8, 4) is 5.75 Å². The van der Waals surface area contributed by atoms with Crippen molar-refractivity contribution >= 4 is 35.2 Å². The summed E-state index contributed by atoms with van der Waals surface area (Å²) in [6, 6.07) is 7.33. The van der Waals surface area contributed by atoms with Gasteiger partial charge in [0.2, 0.25) is 0 Å². The number of benzene rings is 1. The molecule has 2 amide bonds. The average Bonchev–Trinajstić information content (AvgIpc) is 2.66. The van der Waals surface area contributed by atoms with Gasteiger partial charge < -0.3 is 9.64 Å². The molecule has 1 aromatic carbocycles. The van der Waals surface area contributed by atoms with Crippen LogP contribution in [0.2, 0.25) is 0 Å². The number of amides is 2. The van der Waals surface area contributed by atoms with Crippen molar-refractivity contribution in [2.24, 2.45) is 0 Å². The van der Waals surface area contributed by atoms with E-state index >= 15 is 0 Å². The fourth-order valence-corrected chi connectivity index (χ4v) is 2.95. The minimum absolute atomic E-state index is 0.0187. The minimum atomic E-state index is -0.511. The molecule has 0 saturated carbocycles. The average molecular weight is 388 g/mol. The summed E-state index contributed by atoms with van der Waals surface area (Å²) in [6.45, 7) is 11.3. The summed E-state index contributed by atoms with van der Waals surface area (Å²) < 4.78 is 5.89. The molecule has 0 atom stereocenters. The van der Waals surface area contributed by atoms with E-state index in [-0.39, 0.29) is 17.2 Å². The number of hydrogen-bond acceptors (Lipinski definition) is 5. The van der Waals surface area contributed by atoms with Crippen molar-refractivity contribution in [3.05, 3.63) is 48.1 Å². The molecule has 0 radical (unpaired) electrons. The summed E-state index contributed by atoms with van der Waals surface area (Å²) >= 11 is 5.06. The molecule has 7 heteroatoms. The number of ether oxygens (including phenoxy) is 1. The van der Waals surface area contributed by atoms with Crippen LogP contribution in [0.3, 0.4) is 0 Å². The van der Waals surface area contributed by atoms with E-state index in [4.69, 9.17) is 17.0 Å². The number of carbonyl (C=O) groups is 2. The number of rotatable bonds is 9. The van der Waals surface area contributed by atoms with Gasteiger partial charge in [-0.2, -0.15) is 0 Å². The van der Waals surface area contributed by atoms with Gasteiger partial charge in [-0.3, -0.25) is 19.8 Å². The van der Waals surface area contributed by atoms with Crippen LogP contribution >= 0.6 is 12.2 Å². The summed E-state index contributed by atoms with van der Waals surface area (Å²) in [5.74, 6) is -0.328. The lowest BCUT2D eigenvalue weighted by molar-refractivity contribution is -0.128. The highest BCUT2D eigenvalue weighted by Gasteiger charge is 2.32. The first kappa shape index (κ1) is 20.8. The van der Waals surface area contributed by atoms with Gasteiger partial charge in [0.05, 0.1) is 0 Å². The molecular formula is C20H25N3O3S. The Morgan fingerprint density at radius 1 is 1.26 bits per heavy atom. The summed E-state index contributed by atoms with van der Waals surface area (Å²) in [5, 5.41) is 2.63. The smallest absolute Gasteiger partial charge is 0.265 e. The van der Waals surface area contributed by atoms with Crippen LogP contribution in [0.4, 0.5) is 0 Å². The summed E-state index contributed by atoms with van der Waals surface area (Å²) in [7, 11) is 0. The summed E-state index contributed by atoms with van der Waals surface area (Å²) in [6.07, 6.45) is 3.10. The van der Waals surface area contributed by atoms with Crippen LogP contribution in [-0.4, -0.2) is 59.5 Å². The Hall–Kier alpha value is -2.51. The first-order valence-corrected chi connectivity index (χ1v) is 9.36. The first-order valence-electron chi connectivity index (χ1n) is 8.95. The third-order valence-electron chi connectivity index (χ3n) is 4.28. The summed E-state index contributed by atoms with van der Waals surface area (Å²) in [4.78, 5) is 28.5. The monoisotopic (exact) mass is 387 g/mol. The molecule has 1 N–H and O–H groups in total. The second-order valence-electron chi connectivity index (χ2n) is 5.93. The zero-order valence-corrected chi connectivity index (χ0v) is 16.6. The predicted octanol–water partition coefficient (Wildman–Crippen LogP) is 2.22. The van der Waals surface area contributed by atoms with E-state index in [1.54, 1.807) is 12.2 Å². The minimum Gasteiger partial charge on any atom is -0.492 e. The van der Waals surface area contributed by atoms with E-state index in [1.807, 2.05) is 24.3 Å². The molecule has 0 spiro atoms. The molecule has 1 saturated heterocycles. The SMILES string of the molecule is C=CCN1C(=O)C(=Cc2ccccc2OCCN(CC)CC)C(=O)NC1=S. The predicted molar refractivity (Wildman–Crippen MR) is 110 cm³/mol. The van der Waals surface area contributed by atoms with Crippen LogP contribution < -0.4 is 10.1 Å². The van der Waals surface area contributed by atoms with E-state index < -0.39 is 11.8 Å². The van der Waals surface area contributed by atoms with Crippen molar-refractivity contribution in [3.63, 3.8) is 0 Å². The number of hydrogen-bond donors (Lipinski definition) is 1. The Morgan fingerprint density at radius 2 is 1.96 bits per heavy atom. The Bertz CT molecular complexity index is 757. The molecule has 1 aromatic rings. The van der Waals surface area contributed by atoms with Crippen molar-refractivity contribution in [2.45, 2.75) is 13.8 Å². The fraction of sp³-hybridized carbons (Fsp3) is 0.350. The van der Waals surface area contributed by atoms with E-state index in [0.29, 0.717) is 17.9 Å². The van der Waals surface area contributed by atoms with Gasteiger partial charge in [0.15, 0.2) is 5.11 Å². The molecule has 0 bridgehead atoms. The zero-order chi connectivity index (χ0) is 19.8. The Morgan fingerprint density at radius 3 is 2.63 bits per heavy atom. The molecule has 6 nitrogen and oxygen atoms in total. The van der Waals surface area contributed by atoms with Crippen LogP contribution in [0.15, 0.2) is 42.5 Å². The molecule has 0 aromatic heterocycles. The van der Waals surface area contributed by atoms with Gasteiger partial charge in [-0.05, 0) is 37.4 Å². The van der Waals surface area contributed by atoms with Crippen molar-refractivity contribution in [1.82, 2.24) is 15.1 Å². The van der Waals surface area contributed by atoms with E-state index in [2.05, 4.69) is 30.6 Å². The standard InChI is InChI=1S/C20H25N3O3S/c1-4-11-23-19(25)16(18(24)21-20(23)27)14-15-9-7-8-10-17(15)26-13-12-22(5-2)6-3/h4,7-10,14H,1,5-6,11-13H2,2-3H3,(H,21,24,27). The van der Waals surface area contributed by atoms with Crippen molar-refractivity contribution in [1.29, 1.82) is 0 Å². The van der Waals surface area contributed by atoms with Gasteiger partial charge in [0.1, 0.15) is 17.9 Å². The lowest BCUT2D eigenvalue weighted by Crippen LogP contribution is -2.53. The number of likely N-dealkylation sites (N-methyl/N-ethyl adjacent to an activating group) is 1. The molecular weight excluding hydrogens is 362 g/mol. The molecule has 1 fully saturated rings. The number of para-hydroxylation sites is 1. The van der Waals surface area contributed by atoms with Gasteiger partial charge >= 0.3 is 0 Å². The van der Waals surface area contributed by atoms with Crippen LogP contribution in [0, 0.1) is 0 Å². The van der Waals surface area contributed by atoms with Crippen LogP contribution in [0.25, 0.3) is 6.08 Å². The summed E-state index contributed by atoms with van der Waals surface area (Å²) in [5.41, 5.74) is 0.687. The molecule has 1 aliphatic heterocycles. The maximum Gasteiger partial charge on any atom is 0.265 e. The van der Waals surface area contributed by atoms with Crippen molar-refractivity contribution in [2.75, 3.05) is 32.8 Å². The lowest BCUT2D eigenvalue weighted by Gasteiger charge is -2.27. The quantitative estimate of drug-likeness (QED) is 0.305. The molecule has 0 unspecified atom stereocenters. The Balaban J connectivity index is 2.22. The maximum absolute atomic E-state index is 12.6. The zero-order valence-electron chi connectivity index (χ0n) is 15.7. The molecule has 27 heavy (non-hydrogen) atoms. The Kier molecular flexibility index (Phi) is 7.69. The van der Waals surface area contributed by atoms with Gasteiger partial charge in [0, 0.05) is 18.7 Å². The van der Waals surface area contributed by atoms with Gasteiger partial charge in [-0.1, -0.05) is 38.1 Å². The molecule has 0 aliphatic carbocycles. The molecule has 2 rings (SSSR count). The van der Waals surface area contributed by atoms with Crippen LogP contribution in [0.5, 0.6) is 5.75 Å². The Labute approximate surface area is 165 Å². The topological polar surface area (TPSA) is 61.9 Å². The largest absolute Gasteiger partial charge is 0.492 e. The number of thiocarbonyl (C=S) groups is 1. The van der Waals surface area contributed by atoms with E-state index in [0.717, 1.165) is 19.6 Å². The van der Waals surface area contributed by atoms with Gasteiger partial charge in [-0.25, -0.2) is 0 Å². The third-order valence-corrected chi connectivity index (χ3v) is 4.60. The molecule has 1 aliphatic rings. The maximum atomic E-state index is 12.6. The highest BCUT2D eigenvalue weighted by atomic mass is 32.1. The van der Waals surface area contributed by atoms with Crippen LogP contribution in [-0.2, 0) is 9.59 Å². The second-order valence-corrected chi connectivity index (χ2v) is 6.32. The number of carbonyl (C=O) groups excluding carboxylic acids is 2. The van der Waals surface area contributed by atoms with E-state index in [1.165, 1.54) is 4.90 Å². The van der Waals surface area contributed by atoms with Gasteiger partial charge in [-0.15, -0.1) is 6.58 Å². The van der Waals surface area contributed by atoms with Gasteiger partial charge in [0.25, 0.3) is 11.8 Å². The number of nitrogens with one attached hydrogen (secondary N) is 1. The third kappa shape index (κ3) is 5.24. The van der Waals surface area contributed by atoms with Crippen LogP contribution in [0.1, 0.15) is 19.4 Å². The molecule has 1 heterocycles.